The van der Waals surface area contributed by atoms with E-state index in [9.17, 15) is 9.59 Å². The Kier molecular flexibility index (Phi) is 6.08. The van der Waals surface area contributed by atoms with Gasteiger partial charge in [0, 0.05) is 23.7 Å². The van der Waals surface area contributed by atoms with Crippen molar-refractivity contribution in [1.29, 1.82) is 0 Å². The third kappa shape index (κ3) is 7.52. The van der Waals surface area contributed by atoms with E-state index in [0.717, 1.165) is 19.3 Å². The third-order valence-corrected chi connectivity index (χ3v) is 3.48. The van der Waals surface area contributed by atoms with Crippen LogP contribution in [0.1, 0.15) is 60.8 Å². The topological polar surface area (TPSA) is 82.3 Å². The van der Waals surface area contributed by atoms with E-state index in [4.69, 9.17) is 0 Å². The van der Waals surface area contributed by atoms with Crippen LogP contribution in [0.15, 0.2) is 0 Å². The Bertz CT molecular complexity index is 396. The van der Waals surface area contributed by atoms with Gasteiger partial charge in [0.1, 0.15) is 0 Å². The molecule has 0 unspecified atom stereocenters. The molecule has 0 heterocycles. The molecule has 0 radical (unpaired) electrons. The van der Waals surface area contributed by atoms with E-state index in [1.807, 2.05) is 41.5 Å². The molecular formula is C16H32N4O2. The highest BCUT2D eigenvalue weighted by atomic mass is 16.2. The summed E-state index contributed by atoms with van der Waals surface area (Å²) in [5, 5.41) is 11.7. The van der Waals surface area contributed by atoms with Crippen molar-refractivity contribution < 1.29 is 9.59 Å². The number of rotatable bonds is 3. The maximum absolute atomic E-state index is 12.0. The van der Waals surface area contributed by atoms with Gasteiger partial charge < -0.3 is 21.3 Å². The van der Waals surface area contributed by atoms with Crippen LogP contribution in [0.3, 0.4) is 0 Å². The van der Waals surface area contributed by atoms with Gasteiger partial charge in [0.25, 0.3) is 0 Å². The smallest absolute Gasteiger partial charge is 0.315 e. The Hall–Kier alpha value is -1.46. The number of hydrogen-bond acceptors (Lipinski definition) is 2. The largest absolute Gasteiger partial charge is 0.338 e. The fraction of sp³-hybridized carbons (Fsp3) is 0.875. The predicted molar refractivity (Wildman–Crippen MR) is 88.8 cm³/mol. The molecule has 22 heavy (non-hydrogen) atoms. The van der Waals surface area contributed by atoms with Gasteiger partial charge in [0.05, 0.1) is 0 Å². The van der Waals surface area contributed by atoms with E-state index in [1.165, 1.54) is 0 Å². The van der Waals surface area contributed by atoms with Crippen molar-refractivity contribution in [2.24, 2.45) is 5.92 Å². The molecule has 0 bridgehead atoms. The van der Waals surface area contributed by atoms with Crippen LogP contribution in [-0.4, -0.2) is 35.7 Å². The molecule has 6 heteroatoms. The molecule has 0 saturated heterocycles. The average molecular weight is 312 g/mol. The molecule has 2 atom stereocenters. The monoisotopic (exact) mass is 312 g/mol. The van der Waals surface area contributed by atoms with Crippen molar-refractivity contribution in [1.82, 2.24) is 21.3 Å². The highest BCUT2D eigenvalue weighted by molar-refractivity contribution is 5.75. The Morgan fingerprint density at radius 1 is 0.909 bits per heavy atom. The fourth-order valence-corrected chi connectivity index (χ4v) is 2.62. The average Bonchev–Trinajstić information content (AvgIpc) is 2.68. The van der Waals surface area contributed by atoms with Crippen LogP contribution in [0.25, 0.3) is 0 Å². The summed E-state index contributed by atoms with van der Waals surface area (Å²) in [6.45, 7) is 12.3. The van der Waals surface area contributed by atoms with Crippen molar-refractivity contribution in [2.45, 2.75) is 77.9 Å². The van der Waals surface area contributed by atoms with Crippen LogP contribution < -0.4 is 21.3 Å². The minimum atomic E-state index is -0.247. The predicted octanol–water partition coefficient (Wildman–Crippen LogP) is 2.35. The molecule has 1 saturated carbocycles. The summed E-state index contributed by atoms with van der Waals surface area (Å²) in [4.78, 5) is 23.8. The van der Waals surface area contributed by atoms with Crippen LogP contribution in [0, 0.1) is 5.92 Å². The molecule has 0 aromatic rings. The van der Waals surface area contributed by atoms with E-state index >= 15 is 0 Å². The standard InChI is InChI=1S/C16H32N4O2/c1-15(2,3)19-13(21)17-10-11-8-7-9-12(11)18-14(22)20-16(4,5)6/h11-12H,7-10H2,1-6H3,(H2,17,19,21)(H2,18,20,22)/t11-,12-/m1/s1. The van der Waals surface area contributed by atoms with Crippen molar-refractivity contribution in [3.05, 3.63) is 0 Å². The Morgan fingerprint density at radius 2 is 1.45 bits per heavy atom. The molecule has 0 spiro atoms. The number of carbonyl (C=O) groups is 2. The van der Waals surface area contributed by atoms with Crippen LogP contribution >= 0.6 is 0 Å². The summed E-state index contributed by atoms with van der Waals surface area (Å²) in [6.07, 6.45) is 3.06. The maximum Gasteiger partial charge on any atom is 0.315 e. The quantitative estimate of drug-likeness (QED) is 0.645. The summed E-state index contributed by atoms with van der Waals surface area (Å²) in [6, 6.07) is -0.168. The summed E-state index contributed by atoms with van der Waals surface area (Å²) in [5.41, 5.74) is -0.493. The molecule has 1 aliphatic rings. The normalized spacial score (nSPS) is 22.1. The van der Waals surface area contributed by atoms with E-state index in [0.29, 0.717) is 6.54 Å². The second kappa shape index (κ2) is 7.20. The van der Waals surface area contributed by atoms with Gasteiger partial charge in [0.15, 0.2) is 0 Å². The molecule has 1 aliphatic carbocycles. The molecule has 4 amide bonds. The summed E-state index contributed by atoms with van der Waals surface area (Å²) >= 11 is 0. The molecule has 128 valence electrons. The number of amides is 4. The molecular weight excluding hydrogens is 280 g/mol. The molecule has 1 rings (SSSR count). The molecule has 4 N–H and O–H groups in total. The number of carbonyl (C=O) groups excluding carboxylic acids is 2. The van der Waals surface area contributed by atoms with Gasteiger partial charge in [-0.3, -0.25) is 0 Å². The summed E-state index contributed by atoms with van der Waals surface area (Å²) in [7, 11) is 0. The first-order chi connectivity index (χ1) is 9.96. The SMILES string of the molecule is CC(C)(C)NC(=O)NC[C@H]1CCC[C@H]1NC(=O)NC(C)(C)C. The van der Waals surface area contributed by atoms with Gasteiger partial charge in [-0.05, 0) is 60.3 Å². The van der Waals surface area contributed by atoms with Gasteiger partial charge >= 0.3 is 12.1 Å². The first kappa shape index (κ1) is 18.6. The molecule has 1 fully saturated rings. The lowest BCUT2D eigenvalue weighted by atomic mass is 10.0. The Balaban J connectivity index is 2.40. The lowest BCUT2D eigenvalue weighted by Crippen LogP contribution is -2.52. The zero-order chi connectivity index (χ0) is 17.0. The minimum Gasteiger partial charge on any atom is -0.338 e. The van der Waals surface area contributed by atoms with Crippen molar-refractivity contribution in [3.8, 4) is 0 Å². The van der Waals surface area contributed by atoms with E-state index in [-0.39, 0.29) is 35.1 Å². The first-order valence-corrected chi connectivity index (χ1v) is 8.11. The fourth-order valence-electron chi connectivity index (χ4n) is 2.62. The van der Waals surface area contributed by atoms with Gasteiger partial charge in [-0.25, -0.2) is 9.59 Å². The molecule has 0 aliphatic heterocycles. The van der Waals surface area contributed by atoms with E-state index < -0.39 is 0 Å². The summed E-state index contributed by atoms with van der Waals surface area (Å²) < 4.78 is 0. The minimum absolute atomic E-state index is 0.122. The molecule has 0 aromatic heterocycles. The zero-order valence-corrected chi connectivity index (χ0v) is 14.8. The van der Waals surface area contributed by atoms with Gasteiger partial charge in [-0.2, -0.15) is 0 Å². The molecule has 6 nitrogen and oxygen atoms in total. The third-order valence-electron chi connectivity index (χ3n) is 3.48. The van der Waals surface area contributed by atoms with Crippen LogP contribution in [0.5, 0.6) is 0 Å². The lowest BCUT2D eigenvalue weighted by Gasteiger charge is -2.26. The van der Waals surface area contributed by atoms with Gasteiger partial charge in [-0.1, -0.05) is 6.42 Å². The first-order valence-electron chi connectivity index (χ1n) is 8.11. The van der Waals surface area contributed by atoms with Crippen LogP contribution in [0.2, 0.25) is 0 Å². The van der Waals surface area contributed by atoms with Gasteiger partial charge in [0.2, 0.25) is 0 Å². The Morgan fingerprint density at radius 3 is 2.00 bits per heavy atom. The second-order valence-corrected chi connectivity index (χ2v) is 8.23. The van der Waals surface area contributed by atoms with E-state index in [1.54, 1.807) is 0 Å². The van der Waals surface area contributed by atoms with Crippen molar-refractivity contribution in [2.75, 3.05) is 6.54 Å². The van der Waals surface area contributed by atoms with Crippen molar-refractivity contribution >= 4 is 12.1 Å². The van der Waals surface area contributed by atoms with E-state index in [2.05, 4.69) is 21.3 Å². The number of nitrogens with one attached hydrogen (secondary N) is 4. The van der Waals surface area contributed by atoms with Gasteiger partial charge in [-0.15, -0.1) is 0 Å². The molecule has 0 aromatic carbocycles. The van der Waals surface area contributed by atoms with Crippen LogP contribution in [0.4, 0.5) is 9.59 Å². The van der Waals surface area contributed by atoms with Crippen molar-refractivity contribution in [3.63, 3.8) is 0 Å². The second-order valence-electron chi connectivity index (χ2n) is 8.23. The number of hydrogen-bond donors (Lipinski definition) is 4. The Labute approximate surface area is 134 Å². The van der Waals surface area contributed by atoms with Crippen LogP contribution in [-0.2, 0) is 0 Å². The maximum atomic E-state index is 12.0. The lowest BCUT2D eigenvalue weighted by molar-refractivity contribution is 0.222. The summed E-state index contributed by atoms with van der Waals surface area (Å²) in [5.74, 6) is 0.288. The zero-order valence-electron chi connectivity index (χ0n) is 14.8. The highest BCUT2D eigenvalue weighted by Gasteiger charge is 2.29. The highest BCUT2D eigenvalue weighted by Crippen LogP contribution is 2.25. The number of urea groups is 2.